The number of H-pyrrole nitrogens is 1. The Bertz CT molecular complexity index is 1250. The van der Waals surface area contributed by atoms with E-state index in [2.05, 4.69) is 15.0 Å². The van der Waals surface area contributed by atoms with Crippen LogP contribution in [0.4, 0.5) is 0 Å². The van der Waals surface area contributed by atoms with Gasteiger partial charge in [-0.15, -0.1) is 11.3 Å². The summed E-state index contributed by atoms with van der Waals surface area (Å²) in [5, 5.41) is 2.58. The van der Waals surface area contributed by atoms with E-state index in [-0.39, 0.29) is 18.0 Å². The third-order valence-corrected chi connectivity index (χ3v) is 6.77. The monoisotopic (exact) mass is 436 g/mol. The van der Waals surface area contributed by atoms with Crippen molar-refractivity contribution in [2.75, 3.05) is 7.05 Å². The molecule has 0 fully saturated rings. The van der Waals surface area contributed by atoms with Gasteiger partial charge in [-0.1, -0.05) is 36.0 Å². The highest BCUT2D eigenvalue weighted by atomic mass is 32.2. The molecule has 4 rings (SSSR count). The summed E-state index contributed by atoms with van der Waals surface area (Å²) >= 11 is 3.33. The van der Waals surface area contributed by atoms with Crippen molar-refractivity contribution in [3.63, 3.8) is 0 Å². The van der Waals surface area contributed by atoms with E-state index in [4.69, 9.17) is 0 Å². The molecule has 6 nitrogen and oxygen atoms in total. The van der Waals surface area contributed by atoms with Gasteiger partial charge >= 0.3 is 0 Å². The summed E-state index contributed by atoms with van der Waals surface area (Å²) in [7, 11) is 1.70. The average molecular weight is 437 g/mol. The first-order chi connectivity index (χ1) is 14.5. The van der Waals surface area contributed by atoms with Gasteiger partial charge in [0, 0.05) is 29.4 Å². The number of carbonyl (C=O) groups excluding carboxylic acids is 1. The van der Waals surface area contributed by atoms with Gasteiger partial charge in [0.05, 0.1) is 17.4 Å². The number of thioether (sulfide) groups is 1. The molecule has 0 saturated heterocycles. The second kappa shape index (κ2) is 8.81. The first kappa shape index (κ1) is 20.3. The molecule has 2 aromatic carbocycles. The second-order valence-electron chi connectivity index (χ2n) is 6.93. The van der Waals surface area contributed by atoms with Crippen molar-refractivity contribution in [1.82, 2.24) is 19.9 Å². The van der Waals surface area contributed by atoms with Gasteiger partial charge in [-0.25, -0.2) is 9.97 Å². The molecule has 0 bridgehead atoms. The van der Waals surface area contributed by atoms with Crippen LogP contribution in [-0.4, -0.2) is 32.8 Å². The largest absolute Gasteiger partial charge is 0.334 e. The Labute approximate surface area is 182 Å². The maximum atomic E-state index is 12.8. The smallest absolute Gasteiger partial charge is 0.258 e. The highest BCUT2D eigenvalue weighted by molar-refractivity contribution is 8.00. The summed E-state index contributed by atoms with van der Waals surface area (Å²) in [4.78, 5) is 38.2. The van der Waals surface area contributed by atoms with Crippen LogP contribution in [0, 0.1) is 6.92 Å². The SMILES string of the molecule is Cc1csc(SCc2ccc(C(=O)N(C)Cc3nc4ccccc4c(=O)[nH]3)cc2)n1. The number of thiazole rings is 1. The van der Waals surface area contributed by atoms with E-state index in [1.165, 1.54) is 0 Å². The van der Waals surface area contributed by atoms with Crippen LogP contribution < -0.4 is 5.56 Å². The van der Waals surface area contributed by atoms with E-state index < -0.39 is 0 Å². The molecule has 0 spiro atoms. The van der Waals surface area contributed by atoms with Crippen molar-refractivity contribution in [3.8, 4) is 0 Å². The fourth-order valence-electron chi connectivity index (χ4n) is 3.01. The Morgan fingerprint density at radius 2 is 1.90 bits per heavy atom. The number of carbonyl (C=O) groups is 1. The Kier molecular flexibility index (Phi) is 5.96. The quantitative estimate of drug-likeness (QED) is 0.457. The summed E-state index contributed by atoms with van der Waals surface area (Å²) in [5.41, 5.74) is 3.18. The van der Waals surface area contributed by atoms with E-state index in [9.17, 15) is 9.59 Å². The van der Waals surface area contributed by atoms with Gasteiger partial charge < -0.3 is 9.88 Å². The number of fused-ring (bicyclic) bond motifs is 1. The van der Waals surface area contributed by atoms with Gasteiger partial charge in [-0.2, -0.15) is 0 Å². The lowest BCUT2D eigenvalue weighted by Crippen LogP contribution is -2.28. The maximum absolute atomic E-state index is 12.8. The number of benzene rings is 2. The minimum atomic E-state index is -0.200. The zero-order valence-corrected chi connectivity index (χ0v) is 18.2. The van der Waals surface area contributed by atoms with Crippen molar-refractivity contribution in [2.45, 2.75) is 23.6 Å². The van der Waals surface area contributed by atoms with Crippen molar-refractivity contribution < 1.29 is 4.79 Å². The van der Waals surface area contributed by atoms with E-state index in [0.29, 0.717) is 22.3 Å². The number of amides is 1. The van der Waals surface area contributed by atoms with Crippen molar-refractivity contribution >= 4 is 39.9 Å². The minimum absolute atomic E-state index is 0.124. The molecular formula is C22H20N4O2S2. The first-order valence-corrected chi connectivity index (χ1v) is 11.2. The number of aromatic nitrogens is 3. The van der Waals surface area contributed by atoms with E-state index >= 15 is 0 Å². The number of aromatic amines is 1. The van der Waals surface area contributed by atoms with Crippen molar-refractivity contribution in [3.05, 3.63) is 86.9 Å². The summed E-state index contributed by atoms with van der Waals surface area (Å²) < 4.78 is 1.05. The number of hydrogen-bond donors (Lipinski definition) is 1. The number of rotatable bonds is 6. The molecule has 0 unspecified atom stereocenters. The van der Waals surface area contributed by atoms with Crippen LogP contribution in [0.5, 0.6) is 0 Å². The summed E-state index contributed by atoms with van der Waals surface area (Å²) in [5.74, 6) is 1.14. The van der Waals surface area contributed by atoms with Crippen molar-refractivity contribution in [2.24, 2.45) is 0 Å². The Morgan fingerprint density at radius 1 is 1.13 bits per heavy atom. The zero-order chi connectivity index (χ0) is 21.1. The fraction of sp³-hybridized carbons (Fsp3) is 0.182. The lowest BCUT2D eigenvalue weighted by Gasteiger charge is -2.17. The van der Waals surface area contributed by atoms with Gasteiger partial charge in [-0.05, 0) is 36.8 Å². The van der Waals surface area contributed by atoms with Crippen molar-refractivity contribution in [1.29, 1.82) is 0 Å². The topological polar surface area (TPSA) is 79.0 Å². The van der Waals surface area contributed by atoms with E-state index in [0.717, 1.165) is 21.3 Å². The zero-order valence-electron chi connectivity index (χ0n) is 16.6. The highest BCUT2D eigenvalue weighted by Gasteiger charge is 2.14. The van der Waals surface area contributed by atoms with Crippen LogP contribution in [-0.2, 0) is 12.3 Å². The summed E-state index contributed by atoms with van der Waals surface area (Å²) in [6.07, 6.45) is 0. The van der Waals surface area contributed by atoms with Crippen LogP contribution in [0.1, 0.15) is 27.4 Å². The lowest BCUT2D eigenvalue weighted by atomic mass is 10.1. The molecule has 30 heavy (non-hydrogen) atoms. The molecule has 1 N–H and O–H groups in total. The Hall–Kier alpha value is -2.97. The fourth-order valence-corrected chi connectivity index (χ4v) is 4.82. The Morgan fingerprint density at radius 3 is 2.63 bits per heavy atom. The van der Waals surface area contributed by atoms with Gasteiger partial charge in [0.25, 0.3) is 11.5 Å². The standard InChI is InChI=1S/C22H20N4O2S2/c1-14-12-29-22(23-14)30-13-15-7-9-16(10-8-15)21(28)26(2)11-19-24-18-6-4-3-5-17(18)20(27)25-19/h3-10,12H,11,13H2,1-2H3,(H,24,25,27). The highest BCUT2D eigenvalue weighted by Crippen LogP contribution is 2.26. The molecule has 0 radical (unpaired) electrons. The normalized spacial score (nSPS) is 11.0. The third-order valence-electron chi connectivity index (χ3n) is 4.56. The van der Waals surface area contributed by atoms with Crippen LogP contribution in [0.15, 0.2) is 63.0 Å². The third kappa shape index (κ3) is 4.60. The number of hydrogen-bond acceptors (Lipinski definition) is 6. The molecule has 0 aliphatic heterocycles. The van der Waals surface area contributed by atoms with Gasteiger partial charge in [0.1, 0.15) is 10.2 Å². The molecule has 2 heterocycles. The molecule has 2 aromatic heterocycles. The van der Waals surface area contributed by atoms with Gasteiger partial charge in [0.2, 0.25) is 0 Å². The van der Waals surface area contributed by atoms with Crippen LogP contribution >= 0.6 is 23.1 Å². The first-order valence-electron chi connectivity index (χ1n) is 9.37. The maximum Gasteiger partial charge on any atom is 0.258 e. The molecule has 4 aromatic rings. The molecule has 152 valence electrons. The molecule has 0 aliphatic rings. The summed E-state index contributed by atoms with van der Waals surface area (Å²) in [6, 6.07) is 14.7. The lowest BCUT2D eigenvalue weighted by molar-refractivity contribution is 0.0781. The molecule has 0 saturated carbocycles. The molecule has 1 amide bonds. The van der Waals surface area contributed by atoms with Crippen LogP contribution in [0.3, 0.4) is 0 Å². The predicted molar refractivity (Wildman–Crippen MR) is 121 cm³/mol. The number of nitrogens with one attached hydrogen (secondary N) is 1. The average Bonchev–Trinajstić information content (AvgIpc) is 3.17. The molecular weight excluding hydrogens is 416 g/mol. The molecule has 0 atom stereocenters. The number of para-hydroxylation sites is 1. The molecule has 0 aliphatic carbocycles. The van der Waals surface area contributed by atoms with E-state index in [1.54, 1.807) is 53.2 Å². The van der Waals surface area contributed by atoms with Gasteiger partial charge in [0.15, 0.2) is 0 Å². The van der Waals surface area contributed by atoms with Crippen LogP contribution in [0.25, 0.3) is 10.9 Å². The second-order valence-corrected chi connectivity index (χ2v) is 9.01. The number of aryl methyl sites for hydroxylation is 1. The Balaban J connectivity index is 1.41. The predicted octanol–water partition coefficient (Wildman–Crippen LogP) is 4.25. The summed E-state index contributed by atoms with van der Waals surface area (Å²) in [6.45, 7) is 2.21. The molecule has 8 heteroatoms. The van der Waals surface area contributed by atoms with Gasteiger partial charge in [-0.3, -0.25) is 9.59 Å². The van der Waals surface area contributed by atoms with Crippen LogP contribution in [0.2, 0.25) is 0 Å². The van der Waals surface area contributed by atoms with E-state index in [1.807, 2.05) is 42.6 Å². The minimum Gasteiger partial charge on any atom is -0.334 e. The number of nitrogens with zero attached hydrogens (tertiary/aromatic N) is 3.